The van der Waals surface area contributed by atoms with Crippen molar-refractivity contribution in [1.82, 2.24) is 0 Å². The minimum Gasteiger partial charge on any atom is -0.317 e. The Labute approximate surface area is 135 Å². The van der Waals surface area contributed by atoms with Gasteiger partial charge < -0.3 is 4.90 Å². The SMILES string of the molecule is CCCCC1=CC2C=C(CCCC)N(c3ccccc3)C2=C1. The molecule has 1 nitrogen and oxygen atoms in total. The van der Waals surface area contributed by atoms with Gasteiger partial charge in [-0.05, 0) is 49.5 Å². The zero-order chi connectivity index (χ0) is 15.4. The van der Waals surface area contributed by atoms with Gasteiger partial charge in [-0.2, -0.15) is 0 Å². The van der Waals surface area contributed by atoms with Crippen LogP contribution in [0.25, 0.3) is 0 Å². The zero-order valence-electron chi connectivity index (χ0n) is 13.9. The summed E-state index contributed by atoms with van der Waals surface area (Å²) in [4.78, 5) is 2.50. The molecule has 1 aromatic carbocycles. The van der Waals surface area contributed by atoms with Crippen molar-refractivity contribution in [2.75, 3.05) is 4.90 Å². The second-order valence-corrected chi connectivity index (χ2v) is 6.37. The highest BCUT2D eigenvalue weighted by Crippen LogP contribution is 2.42. The van der Waals surface area contributed by atoms with Gasteiger partial charge in [0.1, 0.15) is 0 Å². The second kappa shape index (κ2) is 7.00. The average Bonchev–Trinajstić information content (AvgIpc) is 3.08. The van der Waals surface area contributed by atoms with Gasteiger partial charge in [0.25, 0.3) is 0 Å². The molecule has 0 N–H and O–H groups in total. The number of hydrogen-bond acceptors (Lipinski definition) is 1. The molecule has 0 radical (unpaired) electrons. The van der Waals surface area contributed by atoms with E-state index in [-0.39, 0.29) is 0 Å². The maximum atomic E-state index is 2.50. The predicted molar refractivity (Wildman–Crippen MR) is 95.7 cm³/mol. The lowest BCUT2D eigenvalue weighted by Crippen LogP contribution is -2.18. The first kappa shape index (κ1) is 15.1. The predicted octanol–water partition coefficient (Wildman–Crippen LogP) is 6.21. The Bertz CT molecular complexity index is 592. The molecule has 1 unspecified atom stereocenters. The molecule has 1 aromatic rings. The number of allylic oxidation sites excluding steroid dienone is 4. The Morgan fingerprint density at radius 1 is 0.909 bits per heavy atom. The smallest absolute Gasteiger partial charge is 0.0455 e. The molecule has 22 heavy (non-hydrogen) atoms. The van der Waals surface area contributed by atoms with E-state index in [0.717, 1.165) is 0 Å². The zero-order valence-corrected chi connectivity index (χ0v) is 13.9. The molecule has 1 heteroatoms. The molecular formula is C21H27N. The molecule has 0 aromatic heterocycles. The van der Waals surface area contributed by atoms with E-state index >= 15 is 0 Å². The standard InChI is InChI=1S/C21H27N/c1-3-5-10-17-14-18-16-20(11-6-4-2)22(21(18)15-17)19-12-8-7-9-13-19/h7-9,12-16,18H,3-6,10-11H2,1-2H3. The van der Waals surface area contributed by atoms with Crippen molar-refractivity contribution in [3.05, 3.63) is 65.5 Å². The molecule has 0 bridgehead atoms. The third kappa shape index (κ3) is 3.04. The molecule has 1 heterocycles. The monoisotopic (exact) mass is 293 g/mol. The van der Waals surface area contributed by atoms with Crippen LogP contribution < -0.4 is 4.90 Å². The first-order valence-electron chi connectivity index (χ1n) is 8.81. The minimum absolute atomic E-state index is 0.499. The van der Waals surface area contributed by atoms with E-state index < -0.39 is 0 Å². The first-order chi connectivity index (χ1) is 10.8. The van der Waals surface area contributed by atoms with Crippen molar-refractivity contribution < 1.29 is 0 Å². The fourth-order valence-electron chi connectivity index (χ4n) is 3.43. The molecule has 116 valence electrons. The molecule has 1 aliphatic carbocycles. The van der Waals surface area contributed by atoms with Gasteiger partial charge in [-0.3, -0.25) is 0 Å². The average molecular weight is 293 g/mol. The van der Waals surface area contributed by atoms with Crippen molar-refractivity contribution >= 4 is 5.69 Å². The summed E-state index contributed by atoms with van der Waals surface area (Å²) in [5, 5.41) is 0. The van der Waals surface area contributed by atoms with Crippen LogP contribution in [0.3, 0.4) is 0 Å². The van der Waals surface area contributed by atoms with E-state index in [2.05, 4.69) is 67.3 Å². The van der Waals surface area contributed by atoms with Crippen LogP contribution in [0.15, 0.2) is 65.5 Å². The number of anilines is 1. The van der Waals surface area contributed by atoms with Gasteiger partial charge in [0.05, 0.1) is 0 Å². The number of rotatable bonds is 7. The Kier molecular flexibility index (Phi) is 4.82. The van der Waals surface area contributed by atoms with Crippen molar-refractivity contribution in [3.63, 3.8) is 0 Å². The Morgan fingerprint density at radius 2 is 1.64 bits per heavy atom. The highest BCUT2D eigenvalue weighted by molar-refractivity contribution is 5.66. The Balaban J connectivity index is 1.86. The van der Waals surface area contributed by atoms with Crippen molar-refractivity contribution in [3.8, 4) is 0 Å². The second-order valence-electron chi connectivity index (χ2n) is 6.37. The van der Waals surface area contributed by atoms with Crippen LogP contribution in [0.1, 0.15) is 52.4 Å². The summed E-state index contributed by atoms with van der Waals surface area (Å²) in [7, 11) is 0. The largest absolute Gasteiger partial charge is 0.317 e. The lowest BCUT2D eigenvalue weighted by Gasteiger charge is -2.25. The normalized spacial score (nSPS) is 19.8. The van der Waals surface area contributed by atoms with Crippen molar-refractivity contribution in [1.29, 1.82) is 0 Å². The number of para-hydroxylation sites is 1. The van der Waals surface area contributed by atoms with Gasteiger partial charge in [0, 0.05) is 23.0 Å². The van der Waals surface area contributed by atoms with Gasteiger partial charge in [-0.1, -0.05) is 57.0 Å². The molecule has 1 aliphatic heterocycles. The van der Waals surface area contributed by atoms with E-state index in [0.29, 0.717) is 5.92 Å². The number of unbranched alkanes of at least 4 members (excludes halogenated alkanes) is 2. The van der Waals surface area contributed by atoms with E-state index in [1.165, 1.54) is 61.2 Å². The molecule has 0 amide bonds. The van der Waals surface area contributed by atoms with Gasteiger partial charge >= 0.3 is 0 Å². The first-order valence-corrected chi connectivity index (χ1v) is 8.81. The minimum atomic E-state index is 0.499. The van der Waals surface area contributed by atoms with Gasteiger partial charge in [-0.25, -0.2) is 0 Å². The summed E-state index contributed by atoms with van der Waals surface area (Å²) in [5.74, 6) is 0.499. The number of nitrogens with zero attached hydrogens (tertiary/aromatic N) is 1. The summed E-state index contributed by atoms with van der Waals surface area (Å²) >= 11 is 0. The van der Waals surface area contributed by atoms with E-state index in [1.807, 2.05) is 0 Å². The molecule has 1 atom stereocenters. The molecule has 3 rings (SSSR count). The lowest BCUT2D eigenvalue weighted by molar-refractivity contribution is 0.774. The van der Waals surface area contributed by atoms with Gasteiger partial charge in [0.2, 0.25) is 0 Å². The van der Waals surface area contributed by atoms with Crippen LogP contribution in [0.2, 0.25) is 0 Å². The number of hydrogen-bond donors (Lipinski definition) is 0. The Morgan fingerprint density at radius 3 is 2.36 bits per heavy atom. The molecular weight excluding hydrogens is 266 g/mol. The van der Waals surface area contributed by atoms with Crippen LogP contribution in [0.4, 0.5) is 5.69 Å². The van der Waals surface area contributed by atoms with Gasteiger partial charge in [0.15, 0.2) is 0 Å². The van der Waals surface area contributed by atoms with E-state index in [1.54, 1.807) is 0 Å². The summed E-state index contributed by atoms with van der Waals surface area (Å²) in [5.41, 5.74) is 5.77. The number of benzene rings is 1. The quantitative estimate of drug-likeness (QED) is 0.577. The fourth-order valence-corrected chi connectivity index (χ4v) is 3.43. The molecule has 0 fully saturated rings. The topological polar surface area (TPSA) is 3.24 Å². The van der Waals surface area contributed by atoms with Crippen molar-refractivity contribution in [2.45, 2.75) is 52.4 Å². The number of fused-ring (bicyclic) bond motifs is 1. The summed E-state index contributed by atoms with van der Waals surface area (Å²) in [6, 6.07) is 10.8. The van der Waals surface area contributed by atoms with E-state index in [4.69, 9.17) is 0 Å². The molecule has 0 saturated heterocycles. The van der Waals surface area contributed by atoms with Crippen molar-refractivity contribution in [2.24, 2.45) is 5.92 Å². The maximum Gasteiger partial charge on any atom is 0.0455 e. The Hall–Kier alpha value is -1.76. The molecule has 2 aliphatic rings. The molecule has 0 spiro atoms. The van der Waals surface area contributed by atoms with Gasteiger partial charge in [-0.15, -0.1) is 0 Å². The van der Waals surface area contributed by atoms with E-state index in [9.17, 15) is 0 Å². The van der Waals surface area contributed by atoms with Crippen LogP contribution in [0.5, 0.6) is 0 Å². The highest BCUT2D eigenvalue weighted by Gasteiger charge is 2.31. The van der Waals surface area contributed by atoms with Crippen LogP contribution in [0, 0.1) is 5.92 Å². The highest BCUT2D eigenvalue weighted by atomic mass is 15.2. The van der Waals surface area contributed by atoms with Crippen LogP contribution >= 0.6 is 0 Å². The third-order valence-electron chi connectivity index (χ3n) is 4.61. The van der Waals surface area contributed by atoms with Crippen LogP contribution in [-0.4, -0.2) is 0 Å². The summed E-state index contributed by atoms with van der Waals surface area (Å²) in [6.45, 7) is 4.54. The van der Waals surface area contributed by atoms with Crippen LogP contribution in [-0.2, 0) is 0 Å². The third-order valence-corrected chi connectivity index (χ3v) is 4.61. The lowest BCUT2D eigenvalue weighted by atomic mass is 10.1. The fraction of sp³-hybridized carbons (Fsp3) is 0.429. The summed E-state index contributed by atoms with van der Waals surface area (Å²) in [6.07, 6.45) is 14.9. The molecule has 0 saturated carbocycles. The summed E-state index contributed by atoms with van der Waals surface area (Å²) < 4.78 is 0. The maximum absolute atomic E-state index is 2.50.